The van der Waals surface area contributed by atoms with Crippen LogP contribution in [-0.4, -0.2) is 55.8 Å². The second kappa shape index (κ2) is 14.8. The lowest BCUT2D eigenvalue weighted by Crippen LogP contribution is -2.54. The maximum Gasteiger partial charge on any atom is 0.271 e. The number of anilines is 1. The third-order valence-electron chi connectivity index (χ3n) is 7.79. The fourth-order valence-corrected chi connectivity index (χ4v) is 6.83. The minimum atomic E-state index is -4.34. The van der Waals surface area contributed by atoms with E-state index in [0.29, 0.717) is 12.2 Å². The molecule has 2 amide bonds. The van der Waals surface area contributed by atoms with Crippen LogP contribution in [0.1, 0.15) is 51.0 Å². The Bertz CT molecular complexity index is 1540. The second-order valence-electron chi connectivity index (χ2n) is 10.7. The monoisotopic (exact) mass is 622 g/mol. The van der Waals surface area contributed by atoms with Crippen molar-refractivity contribution in [2.24, 2.45) is 0 Å². The van der Waals surface area contributed by atoms with Crippen molar-refractivity contribution in [1.29, 1.82) is 0 Å². The molecule has 234 valence electrons. The average Bonchev–Trinajstić information content (AvgIpc) is 3.04. The van der Waals surface area contributed by atoms with Crippen molar-refractivity contribution in [1.82, 2.24) is 10.2 Å². The standard InChI is InChI=1S/C32H38N4O7S/c1-3-30(32(38)33-25-11-6-4-7-12-25)34(22-24-17-19-28(43-2)20-18-24)31(37)23-35(26-13-10-14-27(21-26)36(39)40)44(41,42)29-15-8-5-9-16-29/h5,8-10,13-21,25,30H,3-4,6-7,11-12,22-23H2,1-2H3,(H,33,38)/t30-/m0/s1. The van der Waals surface area contributed by atoms with Gasteiger partial charge in [-0.2, -0.15) is 0 Å². The van der Waals surface area contributed by atoms with Crippen LogP contribution in [0.5, 0.6) is 5.75 Å². The number of methoxy groups -OCH3 is 1. The summed E-state index contributed by atoms with van der Waals surface area (Å²) in [4.78, 5) is 40.1. The molecule has 4 rings (SSSR count). The molecule has 0 saturated heterocycles. The Morgan fingerprint density at radius 3 is 2.30 bits per heavy atom. The van der Waals surface area contributed by atoms with Gasteiger partial charge in [-0.05, 0) is 55.2 Å². The van der Waals surface area contributed by atoms with Gasteiger partial charge in [-0.1, -0.05) is 62.6 Å². The molecule has 0 bridgehead atoms. The molecule has 1 atom stereocenters. The molecule has 1 aliphatic carbocycles. The van der Waals surface area contributed by atoms with Crippen molar-refractivity contribution in [3.05, 3.63) is 94.5 Å². The second-order valence-corrected chi connectivity index (χ2v) is 12.6. The van der Waals surface area contributed by atoms with Gasteiger partial charge >= 0.3 is 0 Å². The number of hydrogen-bond donors (Lipinski definition) is 1. The molecule has 0 aromatic heterocycles. The maximum atomic E-state index is 14.2. The third kappa shape index (κ3) is 7.93. The Labute approximate surface area is 258 Å². The van der Waals surface area contributed by atoms with Crippen molar-refractivity contribution in [2.75, 3.05) is 18.0 Å². The van der Waals surface area contributed by atoms with E-state index in [1.165, 1.54) is 35.2 Å². The van der Waals surface area contributed by atoms with Crippen LogP contribution in [0, 0.1) is 10.1 Å². The summed E-state index contributed by atoms with van der Waals surface area (Å²) in [5.41, 5.74) is 0.355. The molecule has 12 heteroatoms. The van der Waals surface area contributed by atoms with E-state index in [2.05, 4.69) is 5.32 Å². The van der Waals surface area contributed by atoms with Gasteiger partial charge in [-0.25, -0.2) is 8.42 Å². The summed E-state index contributed by atoms with van der Waals surface area (Å²) in [5, 5.41) is 14.7. The number of carbonyl (C=O) groups excluding carboxylic acids is 2. The molecular formula is C32H38N4O7S. The maximum absolute atomic E-state index is 14.2. The van der Waals surface area contributed by atoms with E-state index in [1.54, 1.807) is 56.5 Å². The first-order chi connectivity index (χ1) is 21.1. The number of carbonyl (C=O) groups is 2. The first kappa shape index (κ1) is 32.5. The van der Waals surface area contributed by atoms with E-state index < -0.39 is 33.4 Å². The fraction of sp³-hybridized carbons (Fsp3) is 0.375. The Kier molecular flexibility index (Phi) is 10.9. The van der Waals surface area contributed by atoms with Crippen LogP contribution in [0.15, 0.2) is 83.8 Å². The zero-order valence-corrected chi connectivity index (χ0v) is 25.7. The Morgan fingerprint density at radius 1 is 1.00 bits per heavy atom. The van der Waals surface area contributed by atoms with E-state index in [0.717, 1.165) is 48.0 Å². The smallest absolute Gasteiger partial charge is 0.271 e. The van der Waals surface area contributed by atoms with Gasteiger partial charge < -0.3 is 15.0 Å². The quantitative estimate of drug-likeness (QED) is 0.208. The highest BCUT2D eigenvalue weighted by Crippen LogP contribution is 2.28. The van der Waals surface area contributed by atoms with E-state index >= 15 is 0 Å². The van der Waals surface area contributed by atoms with Gasteiger partial charge in [0.15, 0.2) is 0 Å². The largest absolute Gasteiger partial charge is 0.497 e. The molecule has 0 unspecified atom stereocenters. The minimum Gasteiger partial charge on any atom is -0.497 e. The summed E-state index contributed by atoms with van der Waals surface area (Å²) in [6, 6.07) is 18.9. The molecule has 1 saturated carbocycles. The lowest BCUT2D eigenvalue weighted by molar-refractivity contribution is -0.384. The number of ether oxygens (including phenoxy) is 1. The highest BCUT2D eigenvalue weighted by Gasteiger charge is 2.34. The molecular weight excluding hydrogens is 584 g/mol. The Balaban J connectivity index is 1.72. The third-order valence-corrected chi connectivity index (χ3v) is 9.58. The van der Waals surface area contributed by atoms with Crippen LogP contribution in [0.2, 0.25) is 0 Å². The number of non-ortho nitro benzene ring substituents is 1. The van der Waals surface area contributed by atoms with Crippen LogP contribution < -0.4 is 14.4 Å². The van der Waals surface area contributed by atoms with Crippen molar-refractivity contribution in [2.45, 2.75) is 69.0 Å². The number of nitrogens with one attached hydrogen (secondary N) is 1. The van der Waals surface area contributed by atoms with Gasteiger partial charge in [0, 0.05) is 24.7 Å². The molecule has 0 spiro atoms. The van der Waals surface area contributed by atoms with Crippen LogP contribution in [0.3, 0.4) is 0 Å². The van der Waals surface area contributed by atoms with Gasteiger partial charge in [0.25, 0.3) is 15.7 Å². The zero-order valence-electron chi connectivity index (χ0n) is 24.9. The van der Waals surface area contributed by atoms with Gasteiger partial charge in [0.2, 0.25) is 11.8 Å². The van der Waals surface area contributed by atoms with Gasteiger partial charge in [-0.3, -0.25) is 24.0 Å². The van der Waals surface area contributed by atoms with Crippen molar-refractivity contribution in [3.8, 4) is 5.75 Å². The normalized spacial score (nSPS) is 14.3. The number of nitro benzene ring substituents is 1. The molecule has 0 heterocycles. The topological polar surface area (TPSA) is 139 Å². The molecule has 3 aromatic rings. The SMILES string of the molecule is CC[C@@H](C(=O)NC1CCCCC1)N(Cc1ccc(OC)cc1)C(=O)CN(c1cccc([N+](=O)[O-])c1)S(=O)(=O)c1ccccc1. The summed E-state index contributed by atoms with van der Waals surface area (Å²) in [6.07, 6.45) is 5.18. The number of rotatable bonds is 13. The molecule has 0 radical (unpaired) electrons. The summed E-state index contributed by atoms with van der Waals surface area (Å²) in [6.45, 7) is 1.16. The van der Waals surface area contributed by atoms with Crippen molar-refractivity contribution >= 4 is 33.2 Å². The van der Waals surface area contributed by atoms with Crippen LogP contribution in [0.4, 0.5) is 11.4 Å². The molecule has 1 fully saturated rings. The molecule has 1 N–H and O–H groups in total. The summed E-state index contributed by atoms with van der Waals surface area (Å²) < 4.78 is 34.0. The van der Waals surface area contributed by atoms with Crippen LogP contribution in [-0.2, 0) is 26.2 Å². The average molecular weight is 623 g/mol. The lowest BCUT2D eigenvalue weighted by atomic mass is 9.95. The summed E-state index contributed by atoms with van der Waals surface area (Å²) >= 11 is 0. The van der Waals surface area contributed by atoms with E-state index in [4.69, 9.17) is 4.74 Å². The van der Waals surface area contributed by atoms with Gasteiger partial charge in [0.05, 0.1) is 22.6 Å². The Morgan fingerprint density at radius 2 is 1.68 bits per heavy atom. The zero-order chi connectivity index (χ0) is 31.7. The fourth-order valence-electron chi connectivity index (χ4n) is 5.40. The number of amides is 2. The van der Waals surface area contributed by atoms with E-state index in [-0.39, 0.29) is 34.8 Å². The summed E-state index contributed by atoms with van der Waals surface area (Å²) in [7, 11) is -2.79. The van der Waals surface area contributed by atoms with Gasteiger partial charge in [-0.15, -0.1) is 0 Å². The molecule has 44 heavy (non-hydrogen) atoms. The van der Waals surface area contributed by atoms with E-state index in [9.17, 15) is 28.1 Å². The minimum absolute atomic E-state index is 0.0167. The number of sulfonamides is 1. The number of hydrogen-bond acceptors (Lipinski definition) is 7. The number of nitro groups is 1. The predicted molar refractivity (Wildman–Crippen MR) is 167 cm³/mol. The van der Waals surface area contributed by atoms with Crippen molar-refractivity contribution < 1.29 is 27.7 Å². The molecule has 11 nitrogen and oxygen atoms in total. The van der Waals surface area contributed by atoms with Crippen LogP contribution >= 0.6 is 0 Å². The number of nitrogens with zero attached hydrogens (tertiary/aromatic N) is 3. The predicted octanol–water partition coefficient (Wildman–Crippen LogP) is 5.06. The summed E-state index contributed by atoms with van der Waals surface area (Å²) in [5.74, 6) is -0.300. The first-order valence-corrected chi connectivity index (χ1v) is 16.1. The molecule has 3 aromatic carbocycles. The van der Waals surface area contributed by atoms with Gasteiger partial charge in [0.1, 0.15) is 18.3 Å². The number of benzene rings is 3. The lowest BCUT2D eigenvalue weighted by Gasteiger charge is -2.34. The Hall–Kier alpha value is -4.45. The molecule has 0 aliphatic heterocycles. The first-order valence-electron chi connectivity index (χ1n) is 14.7. The highest BCUT2D eigenvalue weighted by atomic mass is 32.2. The molecule has 1 aliphatic rings. The highest BCUT2D eigenvalue weighted by molar-refractivity contribution is 7.92. The van der Waals surface area contributed by atoms with E-state index in [1.807, 2.05) is 0 Å². The van der Waals surface area contributed by atoms with Crippen molar-refractivity contribution in [3.63, 3.8) is 0 Å². The van der Waals surface area contributed by atoms with Crippen LogP contribution in [0.25, 0.3) is 0 Å².